The van der Waals surface area contributed by atoms with Crippen molar-refractivity contribution in [2.75, 3.05) is 5.32 Å². The predicted octanol–water partition coefficient (Wildman–Crippen LogP) is 2.11. The molecular formula is C14H20N2O4S. The highest BCUT2D eigenvalue weighted by atomic mass is 32.2. The molecule has 0 atom stereocenters. The number of anilines is 1. The van der Waals surface area contributed by atoms with Gasteiger partial charge in [-0.2, -0.15) is 0 Å². The van der Waals surface area contributed by atoms with Crippen molar-refractivity contribution in [1.29, 1.82) is 0 Å². The predicted molar refractivity (Wildman–Crippen MR) is 79.1 cm³/mol. The smallest absolute Gasteiger partial charge is 0.262 e. The van der Waals surface area contributed by atoms with Crippen LogP contribution < -0.4 is 10.2 Å². The Morgan fingerprint density at radius 3 is 2.57 bits per heavy atom. The fourth-order valence-electron chi connectivity index (χ4n) is 2.35. The first kappa shape index (κ1) is 15.9. The number of benzene rings is 1. The molecule has 0 radical (unpaired) electrons. The van der Waals surface area contributed by atoms with E-state index in [1.165, 1.54) is 13.0 Å². The van der Waals surface area contributed by atoms with Crippen LogP contribution in [0.4, 0.5) is 5.69 Å². The van der Waals surface area contributed by atoms with E-state index in [2.05, 4.69) is 10.2 Å². The van der Waals surface area contributed by atoms with Gasteiger partial charge in [0, 0.05) is 12.6 Å². The van der Waals surface area contributed by atoms with E-state index in [9.17, 15) is 13.2 Å². The SMILES string of the molecule is CC(=O)Nc1ccc(C)c(S(=O)(=O)NOC2CCCC2)c1. The van der Waals surface area contributed by atoms with Crippen LogP contribution in [0.3, 0.4) is 0 Å². The maximum atomic E-state index is 12.3. The number of aryl methyl sites for hydroxylation is 1. The van der Waals surface area contributed by atoms with Crippen LogP contribution in [0.5, 0.6) is 0 Å². The van der Waals surface area contributed by atoms with Gasteiger partial charge in [0.15, 0.2) is 0 Å². The van der Waals surface area contributed by atoms with E-state index in [-0.39, 0.29) is 16.9 Å². The Kier molecular flexibility index (Phi) is 4.97. The summed E-state index contributed by atoms with van der Waals surface area (Å²) in [5.74, 6) is -0.252. The standard InChI is InChI=1S/C14H20N2O4S/c1-10-7-8-12(15-11(2)17)9-14(10)21(18,19)16-20-13-5-3-4-6-13/h7-9,13,16H,3-6H2,1-2H3,(H,15,17). The molecule has 6 nitrogen and oxygen atoms in total. The van der Waals surface area contributed by atoms with E-state index in [0.717, 1.165) is 25.7 Å². The van der Waals surface area contributed by atoms with Crippen molar-refractivity contribution in [2.24, 2.45) is 0 Å². The lowest BCUT2D eigenvalue weighted by Crippen LogP contribution is -2.29. The van der Waals surface area contributed by atoms with Gasteiger partial charge in [0.1, 0.15) is 0 Å². The zero-order valence-electron chi connectivity index (χ0n) is 12.2. The van der Waals surface area contributed by atoms with Crippen molar-refractivity contribution in [2.45, 2.75) is 50.5 Å². The highest BCUT2D eigenvalue weighted by Crippen LogP contribution is 2.23. The van der Waals surface area contributed by atoms with Crippen molar-refractivity contribution in [3.8, 4) is 0 Å². The molecule has 1 aliphatic carbocycles. The molecule has 1 fully saturated rings. The van der Waals surface area contributed by atoms with Gasteiger partial charge in [-0.3, -0.25) is 9.63 Å². The van der Waals surface area contributed by atoms with Crippen molar-refractivity contribution >= 4 is 21.6 Å². The lowest BCUT2D eigenvalue weighted by molar-refractivity contribution is -0.114. The van der Waals surface area contributed by atoms with Crippen LogP contribution in [0.2, 0.25) is 0 Å². The van der Waals surface area contributed by atoms with Gasteiger partial charge in [0.05, 0.1) is 11.0 Å². The minimum absolute atomic E-state index is 0.0568. The van der Waals surface area contributed by atoms with Crippen molar-refractivity contribution in [1.82, 2.24) is 4.89 Å². The molecule has 2 N–H and O–H groups in total. The molecule has 1 aromatic carbocycles. The first-order valence-electron chi connectivity index (χ1n) is 6.94. The average molecular weight is 312 g/mol. The van der Waals surface area contributed by atoms with Crippen LogP contribution in [-0.4, -0.2) is 20.4 Å². The summed E-state index contributed by atoms with van der Waals surface area (Å²) in [5.41, 5.74) is 1.03. The monoisotopic (exact) mass is 312 g/mol. The summed E-state index contributed by atoms with van der Waals surface area (Å²) in [7, 11) is -3.76. The van der Waals surface area contributed by atoms with Crippen LogP contribution in [0.25, 0.3) is 0 Å². The van der Waals surface area contributed by atoms with Gasteiger partial charge in [-0.15, -0.1) is 0 Å². The summed E-state index contributed by atoms with van der Waals surface area (Å²) in [6.07, 6.45) is 3.80. The number of hydrogen-bond acceptors (Lipinski definition) is 4. The molecule has 1 saturated carbocycles. The largest absolute Gasteiger partial charge is 0.326 e. The first-order valence-corrected chi connectivity index (χ1v) is 8.42. The molecule has 7 heteroatoms. The first-order chi connectivity index (χ1) is 9.88. The van der Waals surface area contributed by atoms with E-state index >= 15 is 0 Å². The topological polar surface area (TPSA) is 84.5 Å². The molecule has 0 spiro atoms. The summed E-state index contributed by atoms with van der Waals surface area (Å²) < 4.78 is 24.6. The molecule has 0 saturated heterocycles. The molecule has 0 aromatic heterocycles. The number of rotatable bonds is 5. The van der Waals surface area contributed by atoms with Crippen molar-refractivity contribution < 1.29 is 18.0 Å². The molecule has 1 amide bonds. The molecule has 21 heavy (non-hydrogen) atoms. The zero-order valence-corrected chi connectivity index (χ0v) is 13.0. The number of hydrogen-bond donors (Lipinski definition) is 2. The Balaban J connectivity index is 2.15. The third kappa shape index (κ3) is 4.26. The van der Waals surface area contributed by atoms with Crippen LogP contribution in [0.1, 0.15) is 38.2 Å². The van der Waals surface area contributed by atoms with Crippen molar-refractivity contribution in [3.05, 3.63) is 23.8 Å². The fourth-order valence-corrected chi connectivity index (χ4v) is 3.48. The Morgan fingerprint density at radius 1 is 1.29 bits per heavy atom. The summed E-state index contributed by atoms with van der Waals surface area (Å²) in [4.78, 5) is 18.6. The molecular weight excluding hydrogens is 292 g/mol. The van der Waals surface area contributed by atoms with Crippen LogP contribution >= 0.6 is 0 Å². The lowest BCUT2D eigenvalue weighted by atomic mass is 10.2. The van der Waals surface area contributed by atoms with Gasteiger partial charge in [0.2, 0.25) is 5.91 Å². The molecule has 116 valence electrons. The second-order valence-corrected chi connectivity index (χ2v) is 6.89. The van der Waals surface area contributed by atoms with E-state index in [4.69, 9.17) is 4.84 Å². The quantitative estimate of drug-likeness (QED) is 0.816. The van der Waals surface area contributed by atoms with E-state index in [0.29, 0.717) is 11.3 Å². The van der Waals surface area contributed by atoms with Gasteiger partial charge in [-0.25, -0.2) is 8.42 Å². The van der Waals surface area contributed by atoms with E-state index < -0.39 is 10.0 Å². The van der Waals surface area contributed by atoms with Crippen LogP contribution in [0.15, 0.2) is 23.1 Å². The molecule has 0 bridgehead atoms. The normalized spacial score (nSPS) is 16.1. The fraction of sp³-hybridized carbons (Fsp3) is 0.500. The molecule has 0 unspecified atom stereocenters. The van der Waals surface area contributed by atoms with Gasteiger partial charge in [-0.05, 0) is 37.5 Å². The molecule has 0 heterocycles. The Morgan fingerprint density at radius 2 is 1.95 bits per heavy atom. The zero-order chi connectivity index (χ0) is 15.5. The third-order valence-electron chi connectivity index (χ3n) is 3.42. The Hall–Kier alpha value is -1.44. The second kappa shape index (κ2) is 6.55. The highest BCUT2D eigenvalue weighted by Gasteiger charge is 2.22. The minimum Gasteiger partial charge on any atom is -0.326 e. The number of carbonyl (C=O) groups excluding carboxylic acids is 1. The Labute approximate surface area is 124 Å². The number of carbonyl (C=O) groups is 1. The summed E-state index contributed by atoms with van der Waals surface area (Å²) in [5, 5.41) is 2.57. The number of amides is 1. The minimum atomic E-state index is -3.76. The Bertz CT molecular complexity index is 622. The lowest BCUT2D eigenvalue weighted by Gasteiger charge is -2.14. The average Bonchev–Trinajstić information content (AvgIpc) is 2.91. The molecule has 2 rings (SSSR count). The molecule has 0 aliphatic heterocycles. The van der Waals surface area contributed by atoms with Crippen molar-refractivity contribution in [3.63, 3.8) is 0 Å². The number of nitrogens with one attached hydrogen (secondary N) is 2. The summed E-state index contributed by atoms with van der Waals surface area (Å²) in [6.45, 7) is 3.07. The summed E-state index contributed by atoms with van der Waals surface area (Å²) >= 11 is 0. The third-order valence-corrected chi connectivity index (χ3v) is 4.76. The highest BCUT2D eigenvalue weighted by molar-refractivity contribution is 7.89. The van der Waals surface area contributed by atoms with E-state index in [1.807, 2.05) is 0 Å². The van der Waals surface area contributed by atoms with Crippen LogP contribution in [-0.2, 0) is 19.7 Å². The molecule has 1 aliphatic rings. The van der Waals surface area contributed by atoms with Crippen LogP contribution in [0, 0.1) is 6.92 Å². The maximum Gasteiger partial charge on any atom is 0.262 e. The van der Waals surface area contributed by atoms with Gasteiger partial charge >= 0.3 is 0 Å². The van der Waals surface area contributed by atoms with E-state index in [1.54, 1.807) is 19.1 Å². The maximum absolute atomic E-state index is 12.3. The van der Waals surface area contributed by atoms with Gasteiger partial charge in [-0.1, -0.05) is 23.8 Å². The van der Waals surface area contributed by atoms with Gasteiger partial charge in [0.25, 0.3) is 10.0 Å². The molecule has 1 aromatic rings. The second-order valence-electron chi connectivity index (χ2n) is 5.27. The summed E-state index contributed by atoms with van der Waals surface area (Å²) in [6, 6.07) is 4.74. The number of sulfonamides is 1. The van der Waals surface area contributed by atoms with Gasteiger partial charge < -0.3 is 5.32 Å².